The van der Waals surface area contributed by atoms with Crippen LogP contribution in [-0.4, -0.2) is 13.2 Å². The fourth-order valence-electron chi connectivity index (χ4n) is 3.02. The number of rotatable bonds is 3. The third-order valence-corrected chi connectivity index (χ3v) is 4.10. The SMILES string of the molecule is CCC1C(N)C(C)C1c1ccc(OC)cc1. The normalized spacial score (nSPS) is 33.2. The van der Waals surface area contributed by atoms with E-state index in [1.807, 2.05) is 12.1 Å². The first-order valence-corrected chi connectivity index (χ1v) is 6.08. The molecule has 4 atom stereocenters. The summed E-state index contributed by atoms with van der Waals surface area (Å²) in [7, 11) is 1.70. The Morgan fingerprint density at radius 2 is 1.88 bits per heavy atom. The van der Waals surface area contributed by atoms with Gasteiger partial charge in [0.25, 0.3) is 0 Å². The van der Waals surface area contributed by atoms with Crippen LogP contribution in [0.1, 0.15) is 31.7 Å². The molecule has 2 nitrogen and oxygen atoms in total. The molecule has 1 aromatic carbocycles. The van der Waals surface area contributed by atoms with Gasteiger partial charge >= 0.3 is 0 Å². The largest absolute Gasteiger partial charge is 0.497 e. The van der Waals surface area contributed by atoms with Crippen LogP contribution in [0.25, 0.3) is 0 Å². The van der Waals surface area contributed by atoms with Crippen LogP contribution in [0.3, 0.4) is 0 Å². The van der Waals surface area contributed by atoms with Gasteiger partial charge < -0.3 is 10.5 Å². The summed E-state index contributed by atoms with van der Waals surface area (Å²) in [5, 5.41) is 0. The molecule has 0 amide bonds. The second kappa shape index (κ2) is 4.46. The summed E-state index contributed by atoms with van der Waals surface area (Å²) in [6, 6.07) is 8.80. The number of nitrogens with two attached hydrogens (primary N) is 1. The second-order valence-electron chi connectivity index (χ2n) is 4.81. The monoisotopic (exact) mass is 219 g/mol. The molecule has 0 heterocycles. The predicted octanol–water partition coefficient (Wildman–Crippen LogP) is 2.78. The third-order valence-electron chi connectivity index (χ3n) is 4.10. The van der Waals surface area contributed by atoms with Crippen molar-refractivity contribution < 1.29 is 4.74 Å². The maximum absolute atomic E-state index is 6.14. The lowest BCUT2D eigenvalue weighted by atomic mass is 9.58. The van der Waals surface area contributed by atoms with Crippen LogP contribution >= 0.6 is 0 Å². The Labute approximate surface area is 97.8 Å². The lowest BCUT2D eigenvalue weighted by molar-refractivity contribution is 0.109. The lowest BCUT2D eigenvalue weighted by Gasteiger charge is -2.49. The van der Waals surface area contributed by atoms with Crippen LogP contribution in [0.4, 0.5) is 0 Å². The van der Waals surface area contributed by atoms with Gasteiger partial charge in [-0.25, -0.2) is 0 Å². The molecule has 4 unspecified atom stereocenters. The zero-order valence-electron chi connectivity index (χ0n) is 10.3. The van der Waals surface area contributed by atoms with Crippen molar-refractivity contribution in [2.75, 3.05) is 7.11 Å². The van der Waals surface area contributed by atoms with Gasteiger partial charge in [0.05, 0.1) is 7.11 Å². The number of hydrogen-bond donors (Lipinski definition) is 1. The quantitative estimate of drug-likeness (QED) is 0.848. The van der Waals surface area contributed by atoms with Crippen LogP contribution in [-0.2, 0) is 0 Å². The first-order chi connectivity index (χ1) is 7.69. The Kier molecular flexibility index (Phi) is 3.20. The smallest absolute Gasteiger partial charge is 0.118 e. The van der Waals surface area contributed by atoms with Gasteiger partial charge in [0.1, 0.15) is 5.75 Å². The van der Waals surface area contributed by atoms with E-state index in [0.717, 1.165) is 5.75 Å². The fourth-order valence-corrected chi connectivity index (χ4v) is 3.02. The molecule has 2 heteroatoms. The predicted molar refractivity (Wildman–Crippen MR) is 66.7 cm³/mol. The van der Waals surface area contributed by atoms with E-state index in [1.165, 1.54) is 12.0 Å². The highest BCUT2D eigenvalue weighted by Gasteiger charge is 2.44. The molecule has 1 fully saturated rings. The number of benzene rings is 1. The Hall–Kier alpha value is -1.02. The minimum Gasteiger partial charge on any atom is -0.497 e. The summed E-state index contributed by atoms with van der Waals surface area (Å²) in [6.45, 7) is 4.48. The Morgan fingerprint density at radius 3 is 2.38 bits per heavy atom. The van der Waals surface area contributed by atoms with Gasteiger partial charge in [0.15, 0.2) is 0 Å². The standard InChI is InChI=1S/C14H21NO/c1-4-12-13(9(2)14(12)15)10-5-7-11(16-3)8-6-10/h5-9,12-14H,4,15H2,1-3H3. The fraction of sp³-hybridized carbons (Fsp3) is 0.571. The number of ether oxygens (including phenoxy) is 1. The van der Waals surface area contributed by atoms with E-state index in [4.69, 9.17) is 10.5 Å². The van der Waals surface area contributed by atoms with Crippen molar-refractivity contribution in [1.29, 1.82) is 0 Å². The molecule has 1 aliphatic rings. The van der Waals surface area contributed by atoms with Crippen LogP contribution in [0.2, 0.25) is 0 Å². The third kappa shape index (κ3) is 1.71. The molecule has 1 aromatic rings. The van der Waals surface area contributed by atoms with Crippen LogP contribution < -0.4 is 10.5 Å². The second-order valence-corrected chi connectivity index (χ2v) is 4.81. The van der Waals surface area contributed by atoms with E-state index in [-0.39, 0.29) is 0 Å². The van der Waals surface area contributed by atoms with E-state index >= 15 is 0 Å². The van der Waals surface area contributed by atoms with E-state index in [0.29, 0.717) is 23.8 Å². The number of hydrogen-bond acceptors (Lipinski definition) is 2. The summed E-state index contributed by atoms with van der Waals surface area (Å²) in [5.74, 6) is 2.79. The molecule has 88 valence electrons. The van der Waals surface area contributed by atoms with Crippen LogP contribution in [0.15, 0.2) is 24.3 Å². The lowest BCUT2D eigenvalue weighted by Crippen LogP contribution is -2.53. The first-order valence-electron chi connectivity index (χ1n) is 6.08. The first kappa shape index (κ1) is 11.5. The molecule has 0 aliphatic heterocycles. The van der Waals surface area contributed by atoms with E-state index < -0.39 is 0 Å². The van der Waals surface area contributed by atoms with Gasteiger partial charge in [-0.1, -0.05) is 32.4 Å². The summed E-state index contributed by atoms with van der Waals surface area (Å²) >= 11 is 0. The van der Waals surface area contributed by atoms with Crippen molar-refractivity contribution in [1.82, 2.24) is 0 Å². The zero-order chi connectivity index (χ0) is 11.7. The molecule has 2 rings (SSSR count). The van der Waals surface area contributed by atoms with E-state index in [1.54, 1.807) is 7.11 Å². The van der Waals surface area contributed by atoms with Gasteiger partial charge in [-0.2, -0.15) is 0 Å². The summed E-state index contributed by atoms with van der Waals surface area (Å²) in [5.41, 5.74) is 7.54. The maximum Gasteiger partial charge on any atom is 0.118 e. The van der Waals surface area contributed by atoms with Crippen molar-refractivity contribution in [3.05, 3.63) is 29.8 Å². The summed E-state index contributed by atoms with van der Waals surface area (Å²) < 4.78 is 5.18. The average molecular weight is 219 g/mol. The van der Waals surface area contributed by atoms with Crippen LogP contribution in [0, 0.1) is 11.8 Å². The van der Waals surface area contributed by atoms with Crippen LogP contribution in [0.5, 0.6) is 5.75 Å². The Bertz CT molecular complexity index is 346. The van der Waals surface area contributed by atoms with Gasteiger partial charge in [0.2, 0.25) is 0 Å². The van der Waals surface area contributed by atoms with Gasteiger partial charge in [-0.15, -0.1) is 0 Å². The average Bonchev–Trinajstić information content (AvgIpc) is 2.34. The highest BCUT2D eigenvalue weighted by molar-refractivity contribution is 5.32. The molecule has 0 aromatic heterocycles. The zero-order valence-corrected chi connectivity index (χ0v) is 10.3. The molecule has 0 bridgehead atoms. The van der Waals surface area contributed by atoms with Crippen molar-refractivity contribution in [2.24, 2.45) is 17.6 Å². The van der Waals surface area contributed by atoms with Gasteiger partial charge in [-0.3, -0.25) is 0 Å². The van der Waals surface area contributed by atoms with Gasteiger partial charge in [0, 0.05) is 6.04 Å². The Morgan fingerprint density at radius 1 is 1.25 bits per heavy atom. The molecule has 0 radical (unpaired) electrons. The van der Waals surface area contributed by atoms with Crippen molar-refractivity contribution >= 4 is 0 Å². The summed E-state index contributed by atoms with van der Waals surface area (Å²) in [4.78, 5) is 0. The minimum atomic E-state index is 0.372. The van der Waals surface area contributed by atoms with Crippen molar-refractivity contribution in [3.63, 3.8) is 0 Å². The van der Waals surface area contributed by atoms with Crippen molar-refractivity contribution in [2.45, 2.75) is 32.2 Å². The molecule has 2 N–H and O–H groups in total. The Balaban J connectivity index is 2.17. The van der Waals surface area contributed by atoms with Gasteiger partial charge in [-0.05, 0) is 35.4 Å². The topological polar surface area (TPSA) is 35.2 Å². The van der Waals surface area contributed by atoms with Crippen molar-refractivity contribution in [3.8, 4) is 5.75 Å². The molecule has 0 saturated heterocycles. The molecule has 1 saturated carbocycles. The van der Waals surface area contributed by atoms with E-state index in [9.17, 15) is 0 Å². The molecule has 16 heavy (non-hydrogen) atoms. The highest BCUT2D eigenvalue weighted by Crippen LogP contribution is 2.48. The number of methoxy groups -OCH3 is 1. The highest BCUT2D eigenvalue weighted by atomic mass is 16.5. The molecular weight excluding hydrogens is 198 g/mol. The molecule has 1 aliphatic carbocycles. The maximum atomic E-state index is 6.14. The summed E-state index contributed by atoms with van der Waals surface area (Å²) in [6.07, 6.45) is 1.17. The molecular formula is C14H21NO. The molecule has 0 spiro atoms. The minimum absolute atomic E-state index is 0.372. The van der Waals surface area contributed by atoms with E-state index in [2.05, 4.69) is 26.0 Å².